The Balaban J connectivity index is 1.99. The van der Waals surface area contributed by atoms with E-state index in [1.54, 1.807) is 0 Å². The molecule has 1 aliphatic carbocycles. The van der Waals surface area contributed by atoms with Crippen LogP contribution in [0.5, 0.6) is 11.6 Å². The van der Waals surface area contributed by atoms with E-state index in [2.05, 4.69) is 9.97 Å². The molecule has 2 aromatic heterocycles. The van der Waals surface area contributed by atoms with E-state index in [1.165, 1.54) is 24.5 Å². The molecule has 8 nitrogen and oxygen atoms in total. The summed E-state index contributed by atoms with van der Waals surface area (Å²) in [5, 5.41) is -3.38. The highest BCUT2D eigenvalue weighted by Crippen LogP contribution is 2.43. The highest BCUT2D eigenvalue weighted by molar-refractivity contribution is 7.92. The molecule has 2 unspecified atom stereocenters. The van der Waals surface area contributed by atoms with Gasteiger partial charge in [0.15, 0.2) is 0 Å². The maximum Gasteiger partial charge on any atom is 0.252 e. The fourth-order valence-electron chi connectivity index (χ4n) is 2.91. The Morgan fingerprint density at radius 1 is 1.33 bits per heavy atom. The van der Waals surface area contributed by atoms with Gasteiger partial charge in [-0.2, -0.15) is 0 Å². The topological polar surface area (TPSA) is 121 Å². The normalized spacial score (nSPS) is 20.7. The van der Waals surface area contributed by atoms with Crippen molar-refractivity contribution in [2.75, 3.05) is 6.61 Å². The van der Waals surface area contributed by atoms with Crippen molar-refractivity contribution in [2.24, 2.45) is 17.6 Å². The second kappa shape index (κ2) is 9.66. The smallest absolute Gasteiger partial charge is 0.252 e. The summed E-state index contributed by atoms with van der Waals surface area (Å²) in [5.74, 6) is -3.05. The number of carbonyl (C=O) groups is 1. The third kappa shape index (κ3) is 5.13. The van der Waals surface area contributed by atoms with Gasteiger partial charge in [-0.3, -0.25) is 9.78 Å². The van der Waals surface area contributed by atoms with Crippen LogP contribution >= 0.6 is 23.2 Å². The molecule has 0 spiro atoms. The predicted octanol–water partition coefficient (Wildman–Crippen LogP) is 3.81. The maximum atomic E-state index is 16.2. The summed E-state index contributed by atoms with van der Waals surface area (Å²) in [5.41, 5.74) is 5.29. The molecule has 176 valence electrons. The number of allylic oxidation sites excluding steroid dienone is 1. The van der Waals surface area contributed by atoms with Gasteiger partial charge in [0.1, 0.15) is 22.4 Å². The van der Waals surface area contributed by atoms with E-state index >= 15 is 4.39 Å². The number of aromatic nitrogens is 2. The van der Waals surface area contributed by atoms with Crippen LogP contribution in [0.15, 0.2) is 64.6 Å². The van der Waals surface area contributed by atoms with Crippen LogP contribution in [0, 0.1) is 11.8 Å². The molecule has 0 fully saturated rings. The molecule has 2 atom stereocenters. The number of nitrogens with zero attached hydrogens (tertiary/aromatic N) is 2. The van der Waals surface area contributed by atoms with Crippen LogP contribution < -0.4 is 15.2 Å². The summed E-state index contributed by atoms with van der Waals surface area (Å²) in [6.45, 7) is 4.30. The average Bonchev–Trinajstić information content (AvgIpc) is 2.75. The number of sulfone groups is 1. The first-order valence-corrected chi connectivity index (χ1v) is 11.9. The molecule has 2 aromatic rings. The first kappa shape index (κ1) is 24.9. The van der Waals surface area contributed by atoms with Gasteiger partial charge >= 0.3 is 0 Å². The summed E-state index contributed by atoms with van der Waals surface area (Å²) in [7, 11) is -4.79. The molecule has 2 heterocycles. The van der Waals surface area contributed by atoms with Gasteiger partial charge in [0.25, 0.3) is 5.00 Å². The zero-order valence-corrected chi connectivity index (χ0v) is 19.9. The van der Waals surface area contributed by atoms with Gasteiger partial charge in [-0.1, -0.05) is 37.0 Å². The molecule has 1 amide bonds. The maximum absolute atomic E-state index is 16.2. The van der Waals surface area contributed by atoms with E-state index in [-0.39, 0.29) is 33.4 Å². The van der Waals surface area contributed by atoms with Gasteiger partial charge in [0, 0.05) is 24.5 Å². The molecule has 0 aliphatic heterocycles. The largest absolute Gasteiger partial charge is 0.476 e. The van der Waals surface area contributed by atoms with E-state index in [0.29, 0.717) is 12.7 Å². The highest BCUT2D eigenvalue weighted by Gasteiger charge is 2.54. The van der Waals surface area contributed by atoms with E-state index in [4.69, 9.17) is 38.4 Å². The number of alkyl halides is 1. The van der Waals surface area contributed by atoms with Crippen LogP contribution in [0.4, 0.5) is 4.39 Å². The average molecular weight is 516 g/mol. The summed E-state index contributed by atoms with van der Waals surface area (Å²) in [6.07, 6.45) is 5.03. The third-order valence-electron chi connectivity index (χ3n) is 4.53. The molecule has 33 heavy (non-hydrogen) atoms. The van der Waals surface area contributed by atoms with Crippen molar-refractivity contribution in [2.45, 2.75) is 23.7 Å². The van der Waals surface area contributed by atoms with E-state index in [0.717, 1.165) is 18.3 Å². The van der Waals surface area contributed by atoms with Gasteiger partial charge in [0.05, 0.1) is 22.7 Å². The summed E-state index contributed by atoms with van der Waals surface area (Å²) in [4.78, 5) is 19.2. The quantitative estimate of drug-likeness (QED) is 0.567. The minimum absolute atomic E-state index is 0.0355. The predicted molar refractivity (Wildman–Crippen MR) is 120 cm³/mol. The number of pyridine rings is 2. The SMILES string of the molecule is CC(C)COc1ncc(OC2=CC(F)(S(=O)(=O)c3cccnc3)C(C(N)=O)C=C2Cl)cc1Cl. The van der Waals surface area contributed by atoms with Gasteiger partial charge in [-0.05, 0) is 24.1 Å². The van der Waals surface area contributed by atoms with Crippen LogP contribution in [-0.4, -0.2) is 35.9 Å². The molecular formula is C21H20Cl2FN3O5S. The van der Waals surface area contributed by atoms with Crippen molar-refractivity contribution in [1.82, 2.24) is 9.97 Å². The van der Waals surface area contributed by atoms with Gasteiger partial charge in [-0.25, -0.2) is 17.8 Å². The number of primary amides is 1. The monoisotopic (exact) mass is 515 g/mol. The van der Waals surface area contributed by atoms with Crippen LogP contribution in [0.3, 0.4) is 0 Å². The zero-order valence-electron chi connectivity index (χ0n) is 17.5. The minimum Gasteiger partial charge on any atom is -0.476 e. The minimum atomic E-state index is -4.79. The molecule has 0 aromatic carbocycles. The second-order valence-corrected chi connectivity index (χ2v) is 10.5. The molecule has 12 heteroatoms. The number of hydrogen-bond acceptors (Lipinski definition) is 7. The Morgan fingerprint density at radius 2 is 2.06 bits per heavy atom. The van der Waals surface area contributed by atoms with E-state index < -0.39 is 31.6 Å². The summed E-state index contributed by atoms with van der Waals surface area (Å²) >= 11 is 12.3. The fourth-order valence-corrected chi connectivity index (χ4v) is 4.94. The van der Waals surface area contributed by atoms with Crippen LogP contribution in [0.2, 0.25) is 5.02 Å². The Bertz CT molecular complexity index is 1220. The molecule has 0 saturated carbocycles. The summed E-state index contributed by atoms with van der Waals surface area (Å²) in [6, 6.07) is 3.82. The van der Waals surface area contributed by atoms with Crippen molar-refractivity contribution in [3.8, 4) is 11.6 Å². The van der Waals surface area contributed by atoms with Crippen molar-refractivity contribution in [1.29, 1.82) is 0 Å². The highest BCUT2D eigenvalue weighted by atomic mass is 35.5. The summed E-state index contributed by atoms with van der Waals surface area (Å²) < 4.78 is 53.4. The lowest BCUT2D eigenvalue weighted by Crippen LogP contribution is -2.47. The van der Waals surface area contributed by atoms with Crippen LogP contribution in [-0.2, 0) is 14.6 Å². The molecule has 3 rings (SSSR count). The Labute approximate surface area is 200 Å². The fraction of sp³-hybridized carbons (Fsp3) is 0.286. The van der Waals surface area contributed by atoms with Gasteiger partial charge in [0.2, 0.25) is 21.6 Å². The lowest BCUT2D eigenvalue weighted by molar-refractivity contribution is -0.122. The number of nitrogens with two attached hydrogens (primary N) is 1. The number of hydrogen-bond donors (Lipinski definition) is 1. The van der Waals surface area contributed by atoms with E-state index in [1.807, 2.05) is 13.8 Å². The number of halogens is 3. The number of ether oxygens (including phenoxy) is 2. The van der Waals surface area contributed by atoms with Crippen LogP contribution in [0.25, 0.3) is 0 Å². The van der Waals surface area contributed by atoms with Gasteiger partial charge < -0.3 is 15.2 Å². The first-order chi connectivity index (χ1) is 15.5. The molecular weight excluding hydrogens is 496 g/mol. The number of rotatable bonds is 8. The van der Waals surface area contributed by atoms with Crippen LogP contribution in [0.1, 0.15) is 13.8 Å². The zero-order chi connectivity index (χ0) is 24.4. The Kier molecular flexibility index (Phi) is 7.30. The molecule has 0 bridgehead atoms. The lowest BCUT2D eigenvalue weighted by Gasteiger charge is -2.31. The van der Waals surface area contributed by atoms with E-state index in [9.17, 15) is 13.2 Å². The second-order valence-electron chi connectivity index (χ2n) is 7.56. The first-order valence-electron chi connectivity index (χ1n) is 9.65. The molecule has 0 radical (unpaired) electrons. The van der Waals surface area contributed by atoms with Crippen molar-refractivity contribution in [3.05, 3.63) is 64.8 Å². The Hall–Kier alpha value is -2.69. The molecule has 2 N–H and O–H groups in total. The standard InChI is InChI=1S/C21H20Cl2FN3O5S/c1-12(2)11-31-20-17(23)6-13(9-27-20)32-18-8-21(24,15(19(25)28)7-16(18)22)33(29,30)14-4-3-5-26-10-14/h3-10,12,15H,11H2,1-2H3,(H2,25,28). The van der Waals surface area contributed by atoms with Gasteiger partial charge in [-0.15, -0.1) is 0 Å². The Morgan fingerprint density at radius 3 is 2.64 bits per heavy atom. The molecule has 0 saturated heterocycles. The van der Waals surface area contributed by atoms with Crippen molar-refractivity contribution in [3.63, 3.8) is 0 Å². The molecule has 1 aliphatic rings. The van der Waals surface area contributed by atoms with Crippen molar-refractivity contribution >= 4 is 38.9 Å². The number of carbonyl (C=O) groups excluding carboxylic acids is 1. The number of amides is 1. The third-order valence-corrected chi connectivity index (χ3v) is 7.17. The lowest BCUT2D eigenvalue weighted by atomic mass is 9.96. The van der Waals surface area contributed by atoms with Crippen molar-refractivity contribution < 1.29 is 27.1 Å².